The number of aliphatic imine (C=N–C) groups is 1. The molecule has 1 rings (SSSR count). The Morgan fingerprint density at radius 3 is 2.04 bits per heavy atom. The topological polar surface area (TPSA) is 12.4 Å². The number of rotatable bonds is 12. The molecule has 0 atom stereocenters. The molecule has 1 aromatic carbocycles. The highest BCUT2D eigenvalue weighted by atomic mass is 19.1. The Balaban J connectivity index is 2.37. The maximum absolute atomic E-state index is 12.3. The van der Waals surface area contributed by atoms with Crippen LogP contribution in [0.1, 0.15) is 83.3 Å². The monoisotopic (exact) mass is 331 g/mol. The van der Waals surface area contributed by atoms with Crippen LogP contribution in [0, 0.1) is 0 Å². The number of benzene rings is 1. The highest BCUT2D eigenvalue weighted by molar-refractivity contribution is 5.75. The number of allylic oxidation sites excluding steroid dienone is 1. The normalized spacial score (nSPS) is 11.2. The van der Waals surface area contributed by atoms with Gasteiger partial charge in [-0.3, -0.25) is 4.99 Å². The smallest absolute Gasteiger partial charge is 0.125 e. The molecule has 0 N–H and O–H groups in total. The molecule has 0 heterocycles. The maximum Gasteiger partial charge on any atom is 0.125 e. The summed E-state index contributed by atoms with van der Waals surface area (Å²) in [5, 5.41) is 0. The molecule has 0 saturated heterocycles. The van der Waals surface area contributed by atoms with Crippen LogP contribution in [0.4, 0.5) is 4.39 Å². The Kier molecular flexibility index (Phi) is 11.1. The molecule has 0 aromatic heterocycles. The fourth-order valence-electron chi connectivity index (χ4n) is 2.91. The van der Waals surface area contributed by atoms with Crippen LogP contribution in [0.2, 0.25) is 0 Å². The van der Waals surface area contributed by atoms with Gasteiger partial charge in [-0.25, -0.2) is 4.39 Å². The van der Waals surface area contributed by atoms with Gasteiger partial charge in [0.2, 0.25) is 0 Å². The molecule has 0 aliphatic carbocycles. The van der Waals surface area contributed by atoms with E-state index in [1.807, 2.05) is 13.8 Å². The van der Waals surface area contributed by atoms with Gasteiger partial charge in [0.05, 0.1) is 5.70 Å². The maximum atomic E-state index is 12.3. The lowest BCUT2D eigenvalue weighted by Crippen LogP contribution is -1.90. The van der Waals surface area contributed by atoms with Crippen molar-refractivity contribution in [2.45, 2.75) is 78.6 Å². The van der Waals surface area contributed by atoms with Crippen LogP contribution in [0.15, 0.2) is 34.8 Å². The van der Waals surface area contributed by atoms with Crippen molar-refractivity contribution in [2.24, 2.45) is 4.99 Å². The standard InChI is InChI=1S/C22H34FN/c1-4-5-6-7-8-9-10-11-12-20-13-15-21(16-14-20)22(19(2)3)24-18-17-23/h13-16,18H,4-12,17H2,1-3H3. The number of aryl methyl sites for hydroxylation is 1. The summed E-state index contributed by atoms with van der Waals surface area (Å²) in [5.74, 6) is 0. The molecule has 0 radical (unpaired) electrons. The molecule has 0 spiro atoms. The molecule has 0 unspecified atom stereocenters. The van der Waals surface area contributed by atoms with Crippen molar-refractivity contribution in [2.75, 3.05) is 6.67 Å². The number of hydrogen-bond acceptors (Lipinski definition) is 1. The SMILES string of the molecule is CCCCCCCCCCc1ccc(C(N=CCF)=C(C)C)cc1. The van der Waals surface area contributed by atoms with Crippen molar-refractivity contribution in [3.8, 4) is 0 Å². The third-order valence-corrected chi connectivity index (χ3v) is 4.31. The highest BCUT2D eigenvalue weighted by Crippen LogP contribution is 2.21. The van der Waals surface area contributed by atoms with Gasteiger partial charge in [-0.2, -0.15) is 0 Å². The lowest BCUT2D eigenvalue weighted by Gasteiger charge is -2.07. The molecule has 0 aliphatic rings. The van der Waals surface area contributed by atoms with E-state index in [1.165, 1.54) is 63.1 Å². The van der Waals surface area contributed by atoms with Crippen molar-refractivity contribution in [3.63, 3.8) is 0 Å². The average Bonchev–Trinajstić information content (AvgIpc) is 2.58. The number of unbranched alkanes of at least 4 members (excludes halogenated alkanes) is 7. The second kappa shape index (κ2) is 12.9. The zero-order valence-electron chi connectivity index (χ0n) is 15.8. The Bertz CT molecular complexity index is 495. The van der Waals surface area contributed by atoms with Crippen molar-refractivity contribution >= 4 is 11.9 Å². The Labute approximate surface area is 148 Å². The Morgan fingerprint density at radius 1 is 0.917 bits per heavy atom. The quantitative estimate of drug-likeness (QED) is 0.284. The predicted molar refractivity (Wildman–Crippen MR) is 105 cm³/mol. The van der Waals surface area contributed by atoms with E-state index in [0.29, 0.717) is 0 Å². The van der Waals surface area contributed by atoms with E-state index in [9.17, 15) is 4.39 Å². The molecule has 0 fully saturated rings. The van der Waals surface area contributed by atoms with Gasteiger partial charge >= 0.3 is 0 Å². The lowest BCUT2D eigenvalue weighted by molar-refractivity contribution is 0.575. The van der Waals surface area contributed by atoms with Gasteiger partial charge in [0.25, 0.3) is 0 Å². The van der Waals surface area contributed by atoms with Crippen LogP contribution in [0.5, 0.6) is 0 Å². The molecule has 0 bridgehead atoms. The van der Waals surface area contributed by atoms with Gasteiger partial charge in [-0.1, -0.05) is 81.7 Å². The van der Waals surface area contributed by atoms with E-state index in [4.69, 9.17) is 0 Å². The van der Waals surface area contributed by atoms with E-state index in [-0.39, 0.29) is 0 Å². The van der Waals surface area contributed by atoms with Crippen LogP contribution in [-0.2, 0) is 6.42 Å². The van der Waals surface area contributed by atoms with E-state index < -0.39 is 6.67 Å². The first kappa shape index (κ1) is 20.6. The summed E-state index contributed by atoms with van der Waals surface area (Å²) < 4.78 is 12.3. The summed E-state index contributed by atoms with van der Waals surface area (Å²) in [6, 6.07) is 8.59. The minimum absolute atomic E-state index is 0.521. The summed E-state index contributed by atoms with van der Waals surface area (Å²) in [6.45, 7) is 5.77. The van der Waals surface area contributed by atoms with E-state index in [0.717, 1.165) is 23.3 Å². The molecule has 0 amide bonds. The van der Waals surface area contributed by atoms with Gasteiger partial charge in [0.15, 0.2) is 0 Å². The first-order valence-corrected chi connectivity index (χ1v) is 9.54. The van der Waals surface area contributed by atoms with Crippen molar-refractivity contribution in [1.82, 2.24) is 0 Å². The second-order valence-electron chi connectivity index (χ2n) is 6.74. The summed E-state index contributed by atoms with van der Waals surface area (Å²) in [6.07, 6.45) is 13.3. The molecule has 1 aromatic rings. The van der Waals surface area contributed by atoms with Crippen molar-refractivity contribution in [3.05, 3.63) is 41.0 Å². The molecule has 1 nitrogen and oxygen atoms in total. The summed E-state index contributed by atoms with van der Waals surface area (Å²) in [4.78, 5) is 4.24. The van der Waals surface area contributed by atoms with Crippen LogP contribution in [0.25, 0.3) is 5.70 Å². The molecule has 24 heavy (non-hydrogen) atoms. The molecule has 2 heteroatoms. The van der Waals surface area contributed by atoms with Crippen LogP contribution in [-0.4, -0.2) is 12.9 Å². The number of nitrogens with zero attached hydrogens (tertiary/aromatic N) is 1. The van der Waals surface area contributed by atoms with Gasteiger partial charge in [0.1, 0.15) is 6.67 Å². The summed E-state index contributed by atoms with van der Waals surface area (Å²) >= 11 is 0. The molecular formula is C22H34FN. The first-order chi connectivity index (χ1) is 11.7. The second-order valence-corrected chi connectivity index (χ2v) is 6.74. The molecular weight excluding hydrogens is 297 g/mol. The minimum atomic E-state index is -0.521. The summed E-state index contributed by atoms with van der Waals surface area (Å²) in [7, 11) is 0. The third kappa shape index (κ3) is 8.42. The van der Waals surface area contributed by atoms with Crippen LogP contribution in [0.3, 0.4) is 0 Å². The fraction of sp³-hybridized carbons (Fsp3) is 0.591. The zero-order chi connectivity index (χ0) is 17.6. The third-order valence-electron chi connectivity index (χ3n) is 4.31. The Hall–Kier alpha value is -1.44. The van der Waals surface area contributed by atoms with Gasteiger partial charge in [-0.15, -0.1) is 0 Å². The summed E-state index contributed by atoms with van der Waals surface area (Å²) in [5.41, 5.74) is 4.44. The lowest BCUT2D eigenvalue weighted by atomic mass is 10.0. The first-order valence-electron chi connectivity index (χ1n) is 9.54. The average molecular weight is 332 g/mol. The molecule has 0 aliphatic heterocycles. The van der Waals surface area contributed by atoms with Crippen molar-refractivity contribution < 1.29 is 4.39 Å². The number of halogens is 1. The van der Waals surface area contributed by atoms with Crippen molar-refractivity contribution in [1.29, 1.82) is 0 Å². The highest BCUT2D eigenvalue weighted by Gasteiger charge is 2.02. The van der Waals surface area contributed by atoms with Crippen LogP contribution < -0.4 is 0 Å². The fourth-order valence-corrected chi connectivity index (χ4v) is 2.91. The predicted octanol–water partition coefficient (Wildman–Crippen LogP) is 7.16. The minimum Gasteiger partial charge on any atom is -0.258 e. The molecule has 134 valence electrons. The van der Waals surface area contributed by atoms with Crippen LogP contribution >= 0.6 is 0 Å². The van der Waals surface area contributed by atoms with E-state index in [1.54, 1.807) is 0 Å². The molecule has 0 saturated carbocycles. The largest absolute Gasteiger partial charge is 0.258 e. The van der Waals surface area contributed by atoms with E-state index in [2.05, 4.69) is 36.2 Å². The van der Waals surface area contributed by atoms with Gasteiger partial charge < -0.3 is 0 Å². The Morgan fingerprint density at radius 2 is 1.50 bits per heavy atom. The number of hydrogen-bond donors (Lipinski definition) is 0. The van der Waals surface area contributed by atoms with E-state index >= 15 is 0 Å². The van der Waals surface area contributed by atoms with Gasteiger partial charge in [-0.05, 0) is 32.3 Å². The van der Waals surface area contributed by atoms with Gasteiger partial charge in [0, 0.05) is 11.8 Å². The zero-order valence-corrected chi connectivity index (χ0v) is 15.8. The number of alkyl halides is 1.